The molecule has 0 saturated carbocycles. The Kier molecular flexibility index (Phi) is 5.29. The number of hydrogen-bond donors (Lipinski definition) is 1. The van der Waals surface area contributed by atoms with Gasteiger partial charge in [-0.1, -0.05) is 17.7 Å². The molecule has 0 radical (unpaired) electrons. The normalized spacial score (nSPS) is 17.0. The Labute approximate surface area is 148 Å². The van der Waals surface area contributed by atoms with Gasteiger partial charge in [0.15, 0.2) is 0 Å². The third-order valence-electron chi connectivity index (χ3n) is 3.60. The van der Waals surface area contributed by atoms with E-state index in [0.717, 1.165) is 0 Å². The summed E-state index contributed by atoms with van der Waals surface area (Å²) in [6.45, 7) is 3.25. The number of esters is 1. The van der Waals surface area contributed by atoms with Crippen LogP contribution in [-0.4, -0.2) is 17.5 Å². The summed E-state index contributed by atoms with van der Waals surface area (Å²) in [5, 5.41) is 20.5. The van der Waals surface area contributed by atoms with Crippen LogP contribution in [0.1, 0.15) is 25.3 Å². The fraction of sp³-hybridized carbons (Fsp3) is 0.250. The Bertz CT molecular complexity index is 854. The number of nitro benzene ring substituents is 1. The second-order valence-electron chi connectivity index (χ2n) is 5.08. The van der Waals surface area contributed by atoms with E-state index in [2.05, 4.69) is 0 Å². The monoisotopic (exact) mass is 363 g/mol. The second-order valence-corrected chi connectivity index (χ2v) is 5.49. The molecule has 0 aromatic heterocycles. The van der Waals surface area contributed by atoms with Crippen molar-refractivity contribution in [1.82, 2.24) is 0 Å². The van der Waals surface area contributed by atoms with Crippen molar-refractivity contribution in [2.75, 3.05) is 6.61 Å². The molecule has 1 aromatic carbocycles. The highest BCUT2D eigenvalue weighted by Gasteiger charge is 2.37. The average Bonchev–Trinajstić information content (AvgIpc) is 2.54. The molecule has 1 atom stereocenters. The number of nitrogens with two attached hydrogens (primary N) is 1. The number of nitriles is 1. The molecule has 2 rings (SSSR count). The van der Waals surface area contributed by atoms with E-state index in [0.29, 0.717) is 5.56 Å². The van der Waals surface area contributed by atoms with Crippen molar-refractivity contribution in [3.05, 3.63) is 61.7 Å². The summed E-state index contributed by atoms with van der Waals surface area (Å²) >= 11 is 5.83. The minimum absolute atomic E-state index is 0.0368. The van der Waals surface area contributed by atoms with Crippen LogP contribution in [0.2, 0.25) is 5.02 Å². The summed E-state index contributed by atoms with van der Waals surface area (Å²) in [5.41, 5.74) is 5.74. The van der Waals surface area contributed by atoms with Gasteiger partial charge in [0.25, 0.3) is 5.69 Å². The highest BCUT2D eigenvalue weighted by molar-refractivity contribution is 6.32. The molecule has 9 heteroatoms. The van der Waals surface area contributed by atoms with Gasteiger partial charge in [-0.25, -0.2) is 4.79 Å². The molecule has 0 amide bonds. The molecule has 0 spiro atoms. The maximum Gasteiger partial charge on any atom is 0.338 e. The summed E-state index contributed by atoms with van der Waals surface area (Å²) in [7, 11) is 0. The summed E-state index contributed by atoms with van der Waals surface area (Å²) in [4.78, 5) is 22.9. The maximum absolute atomic E-state index is 12.4. The van der Waals surface area contributed by atoms with Crippen LogP contribution >= 0.6 is 11.6 Å². The predicted molar refractivity (Wildman–Crippen MR) is 88.1 cm³/mol. The van der Waals surface area contributed by atoms with E-state index in [-0.39, 0.29) is 40.1 Å². The fourth-order valence-electron chi connectivity index (χ4n) is 2.54. The van der Waals surface area contributed by atoms with E-state index in [1.807, 2.05) is 6.07 Å². The first-order valence-corrected chi connectivity index (χ1v) is 7.58. The number of rotatable bonds is 4. The first kappa shape index (κ1) is 18.3. The van der Waals surface area contributed by atoms with E-state index in [9.17, 15) is 20.2 Å². The van der Waals surface area contributed by atoms with Crippen LogP contribution in [0.3, 0.4) is 0 Å². The zero-order valence-corrected chi connectivity index (χ0v) is 14.2. The predicted octanol–water partition coefficient (Wildman–Crippen LogP) is 2.89. The van der Waals surface area contributed by atoms with Crippen LogP contribution in [0.15, 0.2) is 41.0 Å². The van der Waals surface area contributed by atoms with Crippen LogP contribution in [0.25, 0.3) is 0 Å². The van der Waals surface area contributed by atoms with Gasteiger partial charge in [0.1, 0.15) is 22.4 Å². The first-order valence-electron chi connectivity index (χ1n) is 7.21. The zero-order chi connectivity index (χ0) is 18.7. The lowest BCUT2D eigenvalue weighted by Gasteiger charge is -2.26. The van der Waals surface area contributed by atoms with Crippen molar-refractivity contribution < 1.29 is 19.2 Å². The van der Waals surface area contributed by atoms with Gasteiger partial charge in [0.05, 0.1) is 23.0 Å². The SMILES string of the molecule is CCOC(=O)C1=C(C)OC(N)=C(C#N)C1c1ccc(Cl)c([N+](=O)[O-])c1. The summed E-state index contributed by atoms with van der Waals surface area (Å²) < 4.78 is 10.3. The highest BCUT2D eigenvalue weighted by atomic mass is 35.5. The molecule has 0 fully saturated rings. The van der Waals surface area contributed by atoms with Gasteiger partial charge >= 0.3 is 5.97 Å². The molecule has 8 nitrogen and oxygen atoms in total. The van der Waals surface area contributed by atoms with Crippen molar-refractivity contribution in [2.45, 2.75) is 19.8 Å². The number of benzene rings is 1. The second kappa shape index (κ2) is 7.23. The molecule has 1 unspecified atom stereocenters. The van der Waals surface area contributed by atoms with Gasteiger partial charge < -0.3 is 15.2 Å². The molecule has 1 aliphatic heterocycles. The number of nitrogens with zero attached hydrogens (tertiary/aromatic N) is 2. The molecule has 25 heavy (non-hydrogen) atoms. The highest BCUT2D eigenvalue weighted by Crippen LogP contribution is 2.41. The molecule has 130 valence electrons. The zero-order valence-electron chi connectivity index (χ0n) is 13.4. The maximum atomic E-state index is 12.4. The van der Waals surface area contributed by atoms with Gasteiger partial charge in [0, 0.05) is 6.07 Å². The first-order chi connectivity index (χ1) is 11.8. The Morgan fingerprint density at radius 2 is 2.24 bits per heavy atom. The van der Waals surface area contributed by atoms with Crippen LogP contribution < -0.4 is 5.73 Å². The number of nitro groups is 1. The van der Waals surface area contributed by atoms with Crippen LogP contribution in [-0.2, 0) is 14.3 Å². The molecular weight excluding hydrogens is 350 g/mol. The third kappa shape index (κ3) is 3.41. The van der Waals surface area contributed by atoms with Crippen molar-refractivity contribution >= 4 is 23.3 Å². The third-order valence-corrected chi connectivity index (χ3v) is 3.92. The minimum atomic E-state index is -0.950. The lowest BCUT2D eigenvalue weighted by atomic mass is 9.83. The lowest BCUT2D eigenvalue weighted by Crippen LogP contribution is -2.25. The van der Waals surface area contributed by atoms with Gasteiger partial charge in [-0.2, -0.15) is 5.26 Å². The summed E-state index contributed by atoms with van der Waals surface area (Å²) in [6, 6.07) is 5.92. The van der Waals surface area contributed by atoms with E-state index in [4.69, 9.17) is 26.8 Å². The van der Waals surface area contributed by atoms with Crippen molar-refractivity contribution in [3.63, 3.8) is 0 Å². The molecule has 1 heterocycles. The van der Waals surface area contributed by atoms with Gasteiger partial charge in [-0.15, -0.1) is 0 Å². The van der Waals surface area contributed by atoms with E-state index in [1.54, 1.807) is 6.92 Å². The van der Waals surface area contributed by atoms with Crippen LogP contribution in [0.5, 0.6) is 0 Å². The quantitative estimate of drug-likeness (QED) is 0.494. The summed E-state index contributed by atoms with van der Waals surface area (Å²) in [5.74, 6) is -1.65. The molecule has 2 N–H and O–H groups in total. The summed E-state index contributed by atoms with van der Waals surface area (Å²) in [6.07, 6.45) is 0. The standard InChI is InChI=1S/C16H14ClN3O5/c1-3-24-16(21)13-8(2)25-15(19)10(7-18)14(13)9-4-5-11(17)12(6-9)20(22)23/h4-6,14H,3,19H2,1-2H3. The number of allylic oxidation sites excluding steroid dienone is 2. The van der Waals surface area contributed by atoms with E-state index >= 15 is 0 Å². The Hall–Kier alpha value is -3.05. The van der Waals surface area contributed by atoms with E-state index < -0.39 is 16.8 Å². The number of hydrogen-bond acceptors (Lipinski definition) is 7. The number of carbonyl (C=O) groups excluding carboxylic acids is 1. The number of ether oxygens (including phenoxy) is 2. The molecule has 0 aliphatic carbocycles. The molecular formula is C16H14ClN3O5. The van der Waals surface area contributed by atoms with Gasteiger partial charge in [-0.3, -0.25) is 10.1 Å². The number of carbonyl (C=O) groups is 1. The largest absolute Gasteiger partial charge is 0.463 e. The van der Waals surface area contributed by atoms with E-state index in [1.165, 1.54) is 25.1 Å². The number of halogens is 1. The smallest absolute Gasteiger partial charge is 0.338 e. The topological polar surface area (TPSA) is 128 Å². The van der Waals surface area contributed by atoms with Crippen molar-refractivity contribution in [2.24, 2.45) is 5.73 Å². The minimum Gasteiger partial charge on any atom is -0.463 e. The van der Waals surface area contributed by atoms with Crippen LogP contribution in [0, 0.1) is 21.4 Å². The average molecular weight is 364 g/mol. The van der Waals surface area contributed by atoms with Crippen LogP contribution in [0.4, 0.5) is 5.69 Å². The molecule has 0 bridgehead atoms. The Morgan fingerprint density at radius 3 is 2.80 bits per heavy atom. The van der Waals surface area contributed by atoms with Crippen molar-refractivity contribution in [3.8, 4) is 6.07 Å². The van der Waals surface area contributed by atoms with Gasteiger partial charge in [-0.05, 0) is 25.5 Å². The van der Waals surface area contributed by atoms with Gasteiger partial charge in [0.2, 0.25) is 5.88 Å². The Morgan fingerprint density at radius 1 is 1.56 bits per heavy atom. The van der Waals surface area contributed by atoms with Crippen molar-refractivity contribution in [1.29, 1.82) is 5.26 Å². The fourth-order valence-corrected chi connectivity index (χ4v) is 2.72. The Balaban J connectivity index is 2.69. The molecule has 1 aromatic rings. The molecule has 0 saturated heterocycles. The molecule has 1 aliphatic rings. The lowest BCUT2D eigenvalue weighted by molar-refractivity contribution is -0.384.